The molecule has 2 rings (SSSR count). The Balaban J connectivity index is 2.22. The normalized spacial score (nSPS) is 10.6. The van der Waals surface area contributed by atoms with Crippen molar-refractivity contribution in [2.45, 2.75) is 40.5 Å². The smallest absolute Gasteiger partial charge is 0.244 e. The summed E-state index contributed by atoms with van der Waals surface area (Å²) in [4.78, 5) is 26.1. The van der Waals surface area contributed by atoms with E-state index in [1.807, 2.05) is 56.3 Å². The third-order valence-electron chi connectivity index (χ3n) is 4.19. The fourth-order valence-corrected chi connectivity index (χ4v) is 2.85. The Kier molecular flexibility index (Phi) is 5.97. The Morgan fingerprint density at radius 1 is 1.08 bits per heavy atom. The molecule has 2 aromatic carbocycles. The molecule has 0 aromatic heterocycles. The van der Waals surface area contributed by atoms with E-state index in [4.69, 9.17) is 0 Å². The van der Waals surface area contributed by atoms with E-state index in [1.54, 1.807) is 0 Å². The van der Waals surface area contributed by atoms with Crippen molar-refractivity contribution >= 4 is 23.2 Å². The van der Waals surface area contributed by atoms with Gasteiger partial charge in [0.2, 0.25) is 11.8 Å². The summed E-state index contributed by atoms with van der Waals surface area (Å²) in [6, 6.07) is 13.6. The Hall–Kier alpha value is -2.62. The summed E-state index contributed by atoms with van der Waals surface area (Å²) in [5.74, 6) is -0.0570. The van der Waals surface area contributed by atoms with E-state index in [1.165, 1.54) is 11.8 Å². The second-order valence-corrected chi connectivity index (χ2v) is 6.69. The van der Waals surface area contributed by atoms with Gasteiger partial charge in [-0.05, 0) is 48.6 Å². The number of hydrogen-bond donors (Lipinski definition) is 1. The van der Waals surface area contributed by atoms with Crippen LogP contribution in [0.2, 0.25) is 0 Å². The molecular weight excluding hydrogens is 312 g/mol. The summed E-state index contributed by atoms with van der Waals surface area (Å²) >= 11 is 0. The van der Waals surface area contributed by atoms with E-state index in [9.17, 15) is 9.59 Å². The number of aryl methyl sites for hydroxylation is 2. The number of carbonyl (C=O) groups is 2. The van der Waals surface area contributed by atoms with Crippen LogP contribution in [0, 0.1) is 13.8 Å². The lowest BCUT2D eigenvalue weighted by Crippen LogP contribution is -2.37. The van der Waals surface area contributed by atoms with Gasteiger partial charge in [-0.25, -0.2) is 0 Å². The van der Waals surface area contributed by atoms with E-state index in [0.717, 1.165) is 28.1 Å². The number of para-hydroxylation sites is 1. The predicted octanol–water partition coefficient (Wildman–Crippen LogP) is 4.42. The van der Waals surface area contributed by atoms with Crippen LogP contribution in [0.5, 0.6) is 0 Å². The predicted molar refractivity (Wildman–Crippen MR) is 103 cm³/mol. The zero-order valence-corrected chi connectivity index (χ0v) is 15.6. The topological polar surface area (TPSA) is 49.4 Å². The lowest BCUT2D eigenvalue weighted by Gasteiger charge is -2.22. The number of carbonyl (C=O) groups excluding carboxylic acids is 2. The molecule has 1 N–H and O–H groups in total. The maximum Gasteiger partial charge on any atom is 0.244 e. The number of hydrogen-bond acceptors (Lipinski definition) is 2. The number of nitrogens with one attached hydrogen (secondary N) is 1. The molecule has 0 saturated heterocycles. The Morgan fingerprint density at radius 2 is 1.76 bits per heavy atom. The minimum Gasteiger partial charge on any atom is -0.324 e. The van der Waals surface area contributed by atoms with Crippen LogP contribution in [0.25, 0.3) is 0 Å². The van der Waals surface area contributed by atoms with Crippen molar-refractivity contribution in [3.05, 3.63) is 59.2 Å². The molecule has 4 heteroatoms. The third-order valence-corrected chi connectivity index (χ3v) is 4.19. The molecule has 0 saturated carbocycles. The zero-order valence-electron chi connectivity index (χ0n) is 15.6. The van der Waals surface area contributed by atoms with Crippen LogP contribution >= 0.6 is 0 Å². The van der Waals surface area contributed by atoms with Crippen molar-refractivity contribution in [3.63, 3.8) is 0 Å². The fourth-order valence-electron chi connectivity index (χ4n) is 2.85. The van der Waals surface area contributed by atoms with Crippen molar-refractivity contribution in [2.75, 3.05) is 16.8 Å². The van der Waals surface area contributed by atoms with Gasteiger partial charge >= 0.3 is 0 Å². The Labute approximate surface area is 149 Å². The molecule has 0 bridgehead atoms. The molecule has 2 amide bonds. The van der Waals surface area contributed by atoms with Gasteiger partial charge in [0.1, 0.15) is 6.54 Å². The lowest BCUT2D eigenvalue weighted by molar-refractivity contribution is -0.120. The summed E-state index contributed by atoms with van der Waals surface area (Å²) < 4.78 is 0. The first-order valence-electron chi connectivity index (χ1n) is 8.53. The monoisotopic (exact) mass is 338 g/mol. The SMILES string of the molecule is CC(=O)N(CC(=O)Nc1c(C)cccc1C(C)C)c1cccc(C)c1. The molecule has 0 aliphatic carbocycles. The fraction of sp³-hybridized carbons (Fsp3) is 0.333. The molecule has 0 fully saturated rings. The largest absolute Gasteiger partial charge is 0.324 e. The highest BCUT2D eigenvalue weighted by molar-refractivity contribution is 6.02. The van der Waals surface area contributed by atoms with Crippen LogP contribution in [0.15, 0.2) is 42.5 Å². The quantitative estimate of drug-likeness (QED) is 0.877. The first-order chi connectivity index (χ1) is 11.8. The lowest BCUT2D eigenvalue weighted by atomic mass is 9.98. The molecule has 25 heavy (non-hydrogen) atoms. The maximum atomic E-state index is 12.6. The molecule has 0 spiro atoms. The van der Waals surface area contributed by atoms with E-state index in [0.29, 0.717) is 5.92 Å². The first-order valence-corrected chi connectivity index (χ1v) is 8.53. The molecule has 0 atom stereocenters. The van der Waals surface area contributed by atoms with Gasteiger partial charge in [-0.3, -0.25) is 9.59 Å². The standard InChI is InChI=1S/C21H26N2O2/c1-14(2)19-11-7-9-16(4)21(19)22-20(25)13-23(17(5)24)18-10-6-8-15(3)12-18/h6-12,14H,13H2,1-5H3,(H,22,25). The summed E-state index contributed by atoms with van der Waals surface area (Å²) in [5, 5.41) is 3.00. The number of benzene rings is 2. The van der Waals surface area contributed by atoms with Crippen LogP contribution in [0.3, 0.4) is 0 Å². The Morgan fingerprint density at radius 3 is 2.36 bits per heavy atom. The van der Waals surface area contributed by atoms with Gasteiger partial charge in [0.15, 0.2) is 0 Å². The van der Waals surface area contributed by atoms with Crippen molar-refractivity contribution in [3.8, 4) is 0 Å². The highest BCUT2D eigenvalue weighted by atomic mass is 16.2. The molecule has 0 radical (unpaired) electrons. The van der Waals surface area contributed by atoms with Gasteiger partial charge in [0, 0.05) is 18.3 Å². The second kappa shape index (κ2) is 7.97. The van der Waals surface area contributed by atoms with E-state index in [-0.39, 0.29) is 18.4 Å². The van der Waals surface area contributed by atoms with Crippen LogP contribution in [-0.2, 0) is 9.59 Å². The van der Waals surface area contributed by atoms with Crippen molar-refractivity contribution in [1.82, 2.24) is 0 Å². The molecule has 0 unspecified atom stereocenters. The number of nitrogens with zero attached hydrogens (tertiary/aromatic N) is 1. The van der Waals surface area contributed by atoms with Crippen molar-refractivity contribution < 1.29 is 9.59 Å². The van der Waals surface area contributed by atoms with Gasteiger partial charge in [-0.1, -0.05) is 44.2 Å². The van der Waals surface area contributed by atoms with Gasteiger partial charge in [0.25, 0.3) is 0 Å². The van der Waals surface area contributed by atoms with E-state index < -0.39 is 0 Å². The minimum absolute atomic E-state index is 0.00927. The van der Waals surface area contributed by atoms with Gasteiger partial charge in [0.05, 0.1) is 0 Å². The Bertz CT molecular complexity index is 781. The van der Waals surface area contributed by atoms with Crippen molar-refractivity contribution in [1.29, 1.82) is 0 Å². The first kappa shape index (κ1) is 18.7. The summed E-state index contributed by atoms with van der Waals surface area (Å²) in [6.45, 7) is 9.60. The highest BCUT2D eigenvalue weighted by Crippen LogP contribution is 2.27. The number of amides is 2. The number of rotatable bonds is 5. The minimum atomic E-state index is -0.201. The molecule has 2 aromatic rings. The van der Waals surface area contributed by atoms with E-state index in [2.05, 4.69) is 19.2 Å². The summed E-state index contributed by atoms with van der Waals surface area (Å²) in [7, 11) is 0. The summed E-state index contributed by atoms with van der Waals surface area (Å²) in [6.07, 6.45) is 0. The van der Waals surface area contributed by atoms with Crippen LogP contribution in [0.4, 0.5) is 11.4 Å². The van der Waals surface area contributed by atoms with E-state index >= 15 is 0 Å². The molecule has 4 nitrogen and oxygen atoms in total. The molecule has 0 aliphatic rings. The zero-order chi connectivity index (χ0) is 18.6. The van der Waals surface area contributed by atoms with Crippen LogP contribution in [-0.4, -0.2) is 18.4 Å². The highest BCUT2D eigenvalue weighted by Gasteiger charge is 2.18. The number of anilines is 2. The second-order valence-electron chi connectivity index (χ2n) is 6.69. The van der Waals surface area contributed by atoms with Gasteiger partial charge in [-0.2, -0.15) is 0 Å². The van der Waals surface area contributed by atoms with Crippen molar-refractivity contribution in [2.24, 2.45) is 0 Å². The molecule has 0 heterocycles. The van der Waals surface area contributed by atoms with Crippen LogP contribution in [0.1, 0.15) is 43.4 Å². The molecular formula is C21H26N2O2. The average molecular weight is 338 g/mol. The molecule has 0 aliphatic heterocycles. The average Bonchev–Trinajstić information content (AvgIpc) is 2.54. The van der Waals surface area contributed by atoms with Gasteiger partial charge < -0.3 is 10.2 Å². The van der Waals surface area contributed by atoms with Gasteiger partial charge in [-0.15, -0.1) is 0 Å². The molecule has 132 valence electrons. The van der Waals surface area contributed by atoms with Crippen LogP contribution < -0.4 is 10.2 Å². The maximum absolute atomic E-state index is 12.6. The summed E-state index contributed by atoms with van der Waals surface area (Å²) in [5.41, 5.74) is 4.74. The third kappa shape index (κ3) is 4.69.